The quantitative estimate of drug-likeness (QED) is 0.301. The third-order valence-corrected chi connectivity index (χ3v) is 6.31. The largest absolute Gasteiger partial charge is 0.497 e. The Morgan fingerprint density at radius 3 is 2.17 bits per heavy atom. The summed E-state index contributed by atoms with van der Waals surface area (Å²) in [5.41, 5.74) is 5.24. The molecule has 2 aromatic carbocycles. The minimum absolute atomic E-state index is 0.0190. The van der Waals surface area contributed by atoms with E-state index in [1.54, 1.807) is 23.7 Å². The molecule has 0 aromatic heterocycles. The van der Waals surface area contributed by atoms with E-state index in [2.05, 4.69) is 5.43 Å². The van der Waals surface area contributed by atoms with Crippen molar-refractivity contribution in [3.63, 3.8) is 0 Å². The highest BCUT2D eigenvalue weighted by molar-refractivity contribution is 7.92. The van der Waals surface area contributed by atoms with Crippen molar-refractivity contribution in [1.82, 2.24) is 10.9 Å². The molecule has 0 spiro atoms. The van der Waals surface area contributed by atoms with Gasteiger partial charge in [0.2, 0.25) is 21.8 Å². The average Bonchev–Trinajstić information content (AvgIpc) is 2.83. The van der Waals surface area contributed by atoms with Crippen molar-refractivity contribution in [2.24, 2.45) is 17.8 Å². The smallest absolute Gasteiger partial charge is 0.249 e. The fourth-order valence-electron chi connectivity index (χ4n) is 3.65. The van der Waals surface area contributed by atoms with Crippen LogP contribution in [0.25, 0.3) is 6.08 Å². The first kappa shape index (κ1) is 27.9. The van der Waals surface area contributed by atoms with Crippen molar-refractivity contribution in [2.45, 2.75) is 26.7 Å². The molecule has 2 rings (SSSR count). The molecule has 0 fully saturated rings. The van der Waals surface area contributed by atoms with E-state index in [0.29, 0.717) is 12.2 Å². The minimum Gasteiger partial charge on any atom is -0.497 e. The van der Waals surface area contributed by atoms with Crippen LogP contribution in [0.15, 0.2) is 60.7 Å². The molecule has 0 saturated carbocycles. The average molecular weight is 504 g/mol. The van der Waals surface area contributed by atoms with Gasteiger partial charge in [-0.1, -0.05) is 56.3 Å². The number of hydrazine groups is 1. The van der Waals surface area contributed by atoms with Gasteiger partial charge >= 0.3 is 0 Å². The first-order chi connectivity index (χ1) is 16.6. The molecule has 10 heteroatoms. The van der Waals surface area contributed by atoms with Gasteiger partial charge in [0, 0.05) is 0 Å². The second kappa shape index (κ2) is 12.9. The maximum Gasteiger partial charge on any atom is 0.249 e. The maximum absolute atomic E-state index is 13.4. The van der Waals surface area contributed by atoms with Crippen molar-refractivity contribution < 1.29 is 28.0 Å². The van der Waals surface area contributed by atoms with Gasteiger partial charge in [-0.2, -0.15) is 4.41 Å². The Morgan fingerprint density at radius 1 is 1.03 bits per heavy atom. The van der Waals surface area contributed by atoms with Crippen LogP contribution in [-0.4, -0.2) is 38.8 Å². The highest BCUT2D eigenvalue weighted by Crippen LogP contribution is 2.27. The zero-order chi connectivity index (χ0) is 26.0. The lowest BCUT2D eigenvalue weighted by atomic mass is 9.82. The molecule has 0 radical (unpaired) electrons. The molecule has 0 aliphatic heterocycles. The normalized spacial score (nSPS) is 13.3. The molecule has 3 N–H and O–H groups in total. The van der Waals surface area contributed by atoms with E-state index in [4.69, 9.17) is 4.74 Å². The molecule has 2 atom stereocenters. The van der Waals surface area contributed by atoms with Crippen LogP contribution in [-0.2, 0) is 19.6 Å². The van der Waals surface area contributed by atoms with E-state index in [0.717, 1.165) is 16.2 Å². The molecule has 2 amide bonds. The number of sulfonamides is 1. The third-order valence-electron chi connectivity index (χ3n) is 5.34. The van der Waals surface area contributed by atoms with Crippen LogP contribution < -0.4 is 20.1 Å². The highest BCUT2D eigenvalue weighted by Gasteiger charge is 2.35. The van der Waals surface area contributed by atoms with Crippen LogP contribution in [0, 0.1) is 17.8 Å². The molecule has 0 unspecified atom stereocenters. The van der Waals surface area contributed by atoms with E-state index in [9.17, 15) is 23.2 Å². The predicted molar refractivity (Wildman–Crippen MR) is 135 cm³/mol. The van der Waals surface area contributed by atoms with Gasteiger partial charge in [0.15, 0.2) is 0 Å². The van der Waals surface area contributed by atoms with Crippen molar-refractivity contribution in [3.8, 4) is 5.75 Å². The van der Waals surface area contributed by atoms with Crippen molar-refractivity contribution in [1.29, 1.82) is 0 Å². The number of hydrogen-bond acceptors (Lipinski definition) is 6. The van der Waals surface area contributed by atoms with Crippen LogP contribution >= 0.6 is 0 Å². The van der Waals surface area contributed by atoms with Crippen molar-refractivity contribution in [2.75, 3.05) is 17.8 Å². The number of hydrogen-bond donors (Lipinski definition) is 3. The topological polar surface area (TPSA) is 125 Å². The lowest BCUT2D eigenvalue weighted by molar-refractivity contribution is -0.140. The molecular formula is C25H33N3O6S. The first-order valence-corrected chi connectivity index (χ1v) is 13.0. The van der Waals surface area contributed by atoms with Gasteiger partial charge in [-0.05, 0) is 48.6 Å². The van der Waals surface area contributed by atoms with Gasteiger partial charge in [-0.3, -0.25) is 20.2 Å². The number of ether oxygens (including phenoxy) is 1. The maximum atomic E-state index is 13.4. The summed E-state index contributed by atoms with van der Waals surface area (Å²) in [4.78, 5) is 26.0. The Bertz CT molecular complexity index is 1100. The van der Waals surface area contributed by atoms with E-state index < -0.39 is 33.7 Å². The van der Waals surface area contributed by atoms with Gasteiger partial charge in [-0.15, -0.1) is 0 Å². The number of amides is 2. The van der Waals surface area contributed by atoms with Crippen molar-refractivity contribution in [3.05, 3.63) is 66.2 Å². The van der Waals surface area contributed by atoms with E-state index in [-0.39, 0.29) is 18.0 Å². The Balaban J connectivity index is 2.34. The number of carbonyl (C=O) groups is 2. The fraction of sp³-hybridized carbons (Fsp3) is 0.360. The summed E-state index contributed by atoms with van der Waals surface area (Å²) < 4.78 is 30.9. The summed E-state index contributed by atoms with van der Waals surface area (Å²) in [5, 5.41) is 9.35. The highest BCUT2D eigenvalue weighted by atomic mass is 32.2. The number of hydroxylamine groups is 1. The fourth-order valence-corrected chi connectivity index (χ4v) is 4.41. The molecule has 190 valence electrons. The lowest BCUT2D eigenvalue weighted by Crippen LogP contribution is -2.51. The summed E-state index contributed by atoms with van der Waals surface area (Å²) >= 11 is 0. The van der Waals surface area contributed by atoms with E-state index in [1.165, 1.54) is 19.2 Å². The Labute approximate surface area is 206 Å². The lowest BCUT2D eigenvalue weighted by Gasteiger charge is -2.29. The zero-order valence-corrected chi connectivity index (χ0v) is 21.2. The van der Waals surface area contributed by atoms with Gasteiger partial charge in [-0.25, -0.2) is 13.9 Å². The van der Waals surface area contributed by atoms with Crippen LogP contribution in [0.2, 0.25) is 0 Å². The molecular weight excluding hydrogens is 470 g/mol. The molecule has 2 aromatic rings. The van der Waals surface area contributed by atoms with Crippen LogP contribution in [0.1, 0.15) is 32.3 Å². The van der Waals surface area contributed by atoms with Crippen LogP contribution in [0.4, 0.5) is 5.69 Å². The van der Waals surface area contributed by atoms with Gasteiger partial charge < -0.3 is 4.74 Å². The molecule has 0 saturated heterocycles. The second-order valence-corrected chi connectivity index (χ2v) is 10.4. The molecule has 0 heterocycles. The van der Waals surface area contributed by atoms with Gasteiger partial charge in [0.05, 0.1) is 30.9 Å². The number of anilines is 1. The molecule has 0 bridgehead atoms. The summed E-state index contributed by atoms with van der Waals surface area (Å²) in [5.74, 6) is -2.67. The van der Waals surface area contributed by atoms with Crippen LogP contribution in [0.3, 0.4) is 0 Å². The number of rotatable bonds is 12. The van der Waals surface area contributed by atoms with Gasteiger partial charge in [0.1, 0.15) is 5.75 Å². The Kier molecular flexibility index (Phi) is 10.3. The zero-order valence-electron chi connectivity index (χ0n) is 20.3. The molecule has 9 nitrogen and oxygen atoms in total. The number of benzene rings is 2. The van der Waals surface area contributed by atoms with Crippen LogP contribution in [0.5, 0.6) is 5.75 Å². The predicted octanol–water partition coefficient (Wildman–Crippen LogP) is 3.38. The number of allylic oxidation sites excluding steroid dienone is 1. The second-order valence-electron chi connectivity index (χ2n) is 8.57. The summed E-state index contributed by atoms with van der Waals surface area (Å²) in [6, 6.07) is 15.6. The van der Waals surface area contributed by atoms with E-state index in [1.807, 2.05) is 50.3 Å². The van der Waals surface area contributed by atoms with Crippen molar-refractivity contribution >= 4 is 33.6 Å². The number of nitrogens with one attached hydrogen (secondary N) is 2. The standard InChI is InChI=1S/C25H33N3O6S/c1-18(2)17-23(22(25(30)27-31)12-8-11-19-9-6-5-7-10-19)24(29)26-28(35(4,32)33)20-13-15-21(34-3)16-14-20/h5-11,13-16,18,22-23,31H,12,17H2,1-4H3,(H,26,29)(H,27,30)/b11-8+/t22-,23+/m0/s1. The minimum atomic E-state index is -3.90. The summed E-state index contributed by atoms with van der Waals surface area (Å²) in [6.45, 7) is 3.79. The van der Waals surface area contributed by atoms with Gasteiger partial charge in [0.25, 0.3) is 0 Å². The van der Waals surface area contributed by atoms with E-state index >= 15 is 0 Å². The summed E-state index contributed by atoms with van der Waals surface area (Å²) in [7, 11) is -2.42. The SMILES string of the molecule is COc1ccc(N(NC(=O)[C@H](CC(C)C)[C@H](C/C=C/c2ccccc2)C(=O)NO)S(C)(=O)=O)cc1. The number of methoxy groups -OCH3 is 1. The summed E-state index contributed by atoms with van der Waals surface area (Å²) in [6.07, 6.45) is 5.00. The monoisotopic (exact) mass is 503 g/mol. The third kappa shape index (κ3) is 8.41. The molecule has 0 aliphatic carbocycles. The Morgan fingerprint density at radius 2 is 1.66 bits per heavy atom. The Hall–Kier alpha value is -3.37. The molecule has 0 aliphatic rings. The first-order valence-electron chi connectivity index (χ1n) is 11.2. The number of nitrogens with zero attached hydrogens (tertiary/aromatic N) is 1. The molecule has 35 heavy (non-hydrogen) atoms. The number of carbonyl (C=O) groups excluding carboxylic acids is 2.